The van der Waals surface area contributed by atoms with E-state index < -0.39 is 0 Å². The van der Waals surface area contributed by atoms with Gasteiger partial charge >= 0.3 is 0 Å². The number of likely N-dealkylation sites (N-methyl/N-ethyl adjacent to an activating group) is 2. The SMILES string of the molecule is COc1cccc(CN(C)C(=O)CN(C)CC(=O)Nc2c(C)cccc2C)c1. The molecule has 28 heavy (non-hydrogen) atoms. The molecule has 0 spiro atoms. The van der Waals surface area contributed by atoms with Crippen molar-refractivity contribution in [2.24, 2.45) is 0 Å². The standard InChI is InChI=1S/C22H29N3O3/c1-16-8-6-9-17(2)22(16)23-20(26)14-24(3)15-21(27)25(4)13-18-10-7-11-19(12-18)28-5/h6-12H,13-15H2,1-5H3,(H,23,26). The third kappa shape index (κ3) is 6.09. The molecule has 0 unspecified atom stereocenters. The van der Waals surface area contributed by atoms with E-state index in [0.29, 0.717) is 6.54 Å². The van der Waals surface area contributed by atoms with Gasteiger partial charge in [0.05, 0.1) is 20.2 Å². The Labute approximate surface area is 167 Å². The minimum atomic E-state index is -0.136. The number of para-hydroxylation sites is 1. The maximum absolute atomic E-state index is 12.5. The molecule has 6 heteroatoms. The van der Waals surface area contributed by atoms with Gasteiger partial charge < -0.3 is 15.0 Å². The third-order valence-corrected chi connectivity index (χ3v) is 4.54. The van der Waals surface area contributed by atoms with Crippen LogP contribution in [0.2, 0.25) is 0 Å². The van der Waals surface area contributed by atoms with Gasteiger partial charge in [0, 0.05) is 19.3 Å². The van der Waals surface area contributed by atoms with Gasteiger partial charge in [0.2, 0.25) is 11.8 Å². The van der Waals surface area contributed by atoms with Crippen LogP contribution in [0.3, 0.4) is 0 Å². The van der Waals surface area contributed by atoms with Crippen LogP contribution in [0.15, 0.2) is 42.5 Å². The summed E-state index contributed by atoms with van der Waals surface area (Å²) in [6.45, 7) is 4.72. The molecular weight excluding hydrogens is 354 g/mol. The van der Waals surface area contributed by atoms with Crippen LogP contribution >= 0.6 is 0 Å². The van der Waals surface area contributed by atoms with Crippen LogP contribution in [0.4, 0.5) is 5.69 Å². The lowest BCUT2D eigenvalue weighted by atomic mass is 10.1. The van der Waals surface area contributed by atoms with E-state index in [-0.39, 0.29) is 24.9 Å². The molecule has 150 valence electrons. The lowest BCUT2D eigenvalue weighted by Crippen LogP contribution is -2.39. The molecule has 0 atom stereocenters. The minimum Gasteiger partial charge on any atom is -0.497 e. The first kappa shape index (κ1) is 21.4. The average Bonchev–Trinajstić information content (AvgIpc) is 2.64. The number of hydrogen-bond donors (Lipinski definition) is 1. The number of aryl methyl sites for hydroxylation is 2. The average molecular weight is 383 g/mol. The van der Waals surface area contributed by atoms with Crippen LogP contribution in [-0.4, -0.2) is 55.9 Å². The Hall–Kier alpha value is -2.86. The van der Waals surface area contributed by atoms with Crippen LogP contribution in [0.1, 0.15) is 16.7 Å². The summed E-state index contributed by atoms with van der Waals surface area (Å²) in [6.07, 6.45) is 0. The van der Waals surface area contributed by atoms with Gasteiger partial charge in [-0.15, -0.1) is 0 Å². The molecule has 2 rings (SSSR count). The Morgan fingerprint density at radius 1 is 1.00 bits per heavy atom. The number of benzene rings is 2. The third-order valence-electron chi connectivity index (χ3n) is 4.54. The molecule has 2 aromatic rings. The maximum Gasteiger partial charge on any atom is 0.238 e. The van der Waals surface area contributed by atoms with Crippen molar-refractivity contribution in [3.63, 3.8) is 0 Å². The van der Waals surface area contributed by atoms with Gasteiger partial charge in [-0.05, 0) is 49.7 Å². The van der Waals surface area contributed by atoms with Gasteiger partial charge in [-0.1, -0.05) is 30.3 Å². The van der Waals surface area contributed by atoms with Crippen molar-refractivity contribution in [3.05, 3.63) is 59.2 Å². The molecule has 2 aromatic carbocycles. The van der Waals surface area contributed by atoms with Crippen molar-refractivity contribution in [2.75, 3.05) is 39.6 Å². The van der Waals surface area contributed by atoms with Crippen molar-refractivity contribution in [1.29, 1.82) is 0 Å². The van der Waals surface area contributed by atoms with E-state index in [9.17, 15) is 9.59 Å². The van der Waals surface area contributed by atoms with E-state index in [0.717, 1.165) is 28.1 Å². The second kappa shape index (κ2) is 9.90. The van der Waals surface area contributed by atoms with Crippen LogP contribution in [0.25, 0.3) is 0 Å². The zero-order valence-corrected chi connectivity index (χ0v) is 17.3. The van der Waals surface area contributed by atoms with Gasteiger partial charge in [0.15, 0.2) is 0 Å². The highest BCUT2D eigenvalue weighted by molar-refractivity contribution is 5.94. The number of anilines is 1. The molecule has 0 aliphatic carbocycles. The molecule has 0 aromatic heterocycles. The van der Waals surface area contributed by atoms with E-state index in [2.05, 4.69) is 5.32 Å². The summed E-state index contributed by atoms with van der Waals surface area (Å²) in [7, 11) is 5.14. The molecule has 2 amide bonds. The zero-order valence-electron chi connectivity index (χ0n) is 17.3. The van der Waals surface area contributed by atoms with Crippen LogP contribution in [0.5, 0.6) is 5.75 Å². The van der Waals surface area contributed by atoms with Crippen molar-refractivity contribution >= 4 is 17.5 Å². The van der Waals surface area contributed by atoms with Crippen molar-refractivity contribution in [2.45, 2.75) is 20.4 Å². The second-order valence-electron chi connectivity index (χ2n) is 7.09. The minimum absolute atomic E-state index is 0.0507. The molecule has 0 saturated carbocycles. The molecule has 0 aliphatic rings. The smallest absolute Gasteiger partial charge is 0.238 e. The van der Waals surface area contributed by atoms with Crippen LogP contribution in [-0.2, 0) is 16.1 Å². The Morgan fingerprint density at radius 2 is 1.64 bits per heavy atom. The number of carbonyl (C=O) groups is 2. The first-order chi connectivity index (χ1) is 13.3. The summed E-state index contributed by atoms with van der Waals surface area (Å²) < 4.78 is 5.21. The van der Waals surface area contributed by atoms with E-state index in [1.807, 2.05) is 56.3 Å². The van der Waals surface area contributed by atoms with E-state index in [1.165, 1.54) is 0 Å². The van der Waals surface area contributed by atoms with E-state index in [1.54, 1.807) is 31.0 Å². The van der Waals surface area contributed by atoms with Gasteiger partial charge in [-0.3, -0.25) is 14.5 Å². The highest BCUT2D eigenvalue weighted by Crippen LogP contribution is 2.19. The highest BCUT2D eigenvalue weighted by Gasteiger charge is 2.15. The fraction of sp³-hybridized carbons (Fsp3) is 0.364. The summed E-state index contributed by atoms with van der Waals surface area (Å²) in [5, 5.41) is 2.94. The number of ether oxygens (including phenoxy) is 1. The summed E-state index contributed by atoms with van der Waals surface area (Å²) in [5.74, 6) is 0.576. The Balaban J connectivity index is 1.86. The summed E-state index contributed by atoms with van der Waals surface area (Å²) in [6, 6.07) is 13.5. The molecular formula is C22H29N3O3. The number of amides is 2. The van der Waals surface area contributed by atoms with E-state index >= 15 is 0 Å². The highest BCUT2D eigenvalue weighted by atomic mass is 16.5. The van der Waals surface area contributed by atoms with Gasteiger partial charge in [-0.25, -0.2) is 0 Å². The predicted molar refractivity (Wildman–Crippen MR) is 112 cm³/mol. The molecule has 0 aliphatic heterocycles. The van der Waals surface area contributed by atoms with E-state index in [4.69, 9.17) is 4.74 Å². The normalized spacial score (nSPS) is 10.6. The first-order valence-electron chi connectivity index (χ1n) is 9.21. The number of hydrogen-bond acceptors (Lipinski definition) is 4. The fourth-order valence-electron chi connectivity index (χ4n) is 2.98. The number of methoxy groups -OCH3 is 1. The molecule has 0 bridgehead atoms. The topological polar surface area (TPSA) is 61.9 Å². The van der Waals surface area contributed by atoms with Gasteiger partial charge in [-0.2, -0.15) is 0 Å². The Kier molecular flexibility index (Phi) is 7.58. The quantitative estimate of drug-likeness (QED) is 0.761. The summed E-state index contributed by atoms with van der Waals surface area (Å²) >= 11 is 0. The largest absolute Gasteiger partial charge is 0.497 e. The Morgan fingerprint density at radius 3 is 2.29 bits per heavy atom. The number of rotatable bonds is 8. The Bertz CT molecular complexity index is 815. The molecule has 0 heterocycles. The monoisotopic (exact) mass is 383 g/mol. The number of nitrogens with one attached hydrogen (secondary N) is 1. The van der Waals surface area contributed by atoms with Gasteiger partial charge in [0.1, 0.15) is 5.75 Å². The maximum atomic E-state index is 12.5. The van der Waals surface area contributed by atoms with Crippen molar-refractivity contribution < 1.29 is 14.3 Å². The predicted octanol–water partition coefficient (Wildman–Crippen LogP) is 2.84. The second-order valence-corrected chi connectivity index (χ2v) is 7.09. The summed E-state index contributed by atoms with van der Waals surface area (Å²) in [5.41, 5.74) is 3.86. The molecule has 1 N–H and O–H groups in total. The molecule has 0 saturated heterocycles. The van der Waals surface area contributed by atoms with Gasteiger partial charge in [0.25, 0.3) is 0 Å². The zero-order chi connectivity index (χ0) is 20.7. The lowest BCUT2D eigenvalue weighted by Gasteiger charge is -2.22. The molecule has 0 radical (unpaired) electrons. The number of carbonyl (C=O) groups excluding carboxylic acids is 2. The van der Waals surface area contributed by atoms with Crippen molar-refractivity contribution in [3.8, 4) is 5.75 Å². The van der Waals surface area contributed by atoms with Crippen LogP contribution in [0, 0.1) is 13.8 Å². The van der Waals surface area contributed by atoms with Crippen molar-refractivity contribution in [1.82, 2.24) is 9.80 Å². The first-order valence-corrected chi connectivity index (χ1v) is 9.21. The molecule has 6 nitrogen and oxygen atoms in total. The van der Waals surface area contributed by atoms with Crippen LogP contribution < -0.4 is 10.1 Å². The molecule has 0 fully saturated rings. The lowest BCUT2D eigenvalue weighted by molar-refractivity contribution is -0.131. The fourth-order valence-corrected chi connectivity index (χ4v) is 2.98. The summed E-state index contributed by atoms with van der Waals surface area (Å²) in [4.78, 5) is 28.2. The number of nitrogens with zero attached hydrogens (tertiary/aromatic N) is 2.